The van der Waals surface area contributed by atoms with Crippen molar-refractivity contribution < 1.29 is 5.11 Å². The third kappa shape index (κ3) is 2.17. The highest BCUT2D eigenvalue weighted by Crippen LogP contribution is 2.41. The molecule has 1 saturated carbocycles. The first-order valence-electron chi connectivity index (χ1n) is 5.59. The van der Waals surface area contributed by atoms with E-state index in [1.54, 1.807) is 18.6 Å². The van der Waals surface area contributed by atoms with E-state index < -0.39 is 5.60 Å². The molecule has 0 radical (unpaired) electrons. The molecule has 1 aromatic heterocycles. The standard InChI is InChI=1S/C12H18N2O/c1-9-5-10(2)7-12(15,6-9)11-8-13-3-4-14-11/h3-4,8-10,15H,5-7H2,1-2H3. The first-order valence-corrected chi connectivity index (χ1v) is 5.59. The SMILES string of the molecule is CC1CC(C)CC(O)(c2cnccn2)C1. The maximum atomic E-state index is 10.6. The van der Waals surface area contributed by atoms with Crippen LogP contribution in [0.4, 0.5) is 0 Å². The van der Waals surface area contributed by atoms with Gasteiger partial charge in [-0.2, -0.15) is 0 Å². The van der Waals surface area contributed by atoms with Crippen molar-refractivity contribution in [3.8, 4) is 0 Å². The number of nitrogens with zero attached hydrogens (tertiary/aromatic N) is 2. The predicted octanol–water partition coefficient (Wildman–Crippen LogP) is 2.12. The van der Waals surface area contributed by atoms with Gasteiger partial charge in [0.25, 0.3) is 0 Å². The normalized spacial score (nSPS) is 36.5. The molecule has 1 fully saturated rings. The molecular formula is C12H18N2O. The molecule has 82 valence electrons. The van der Waals surface area contributed by atoms with Gasteiger partial charge in [-0.15, -0.1) is 0 Å². The monoisotopic (exact) mass is 206 g/mol. The van der Waals surface area contributed by atoms with Crippen LogP contribution in [0.15, 0.2) is 18.6 Å². The fourth-order valence-corrected chi connectivity index (χ4v) is 2.84. The van der Waals surface area contributed by atoms with Crippen LogP contribution in [0.5, 0.6) is 0 Å². The summed E-state index contributed by atoms with van der Waals surface area (Å²) in [7, 11) is 0. The van der Waals surface area contributed by atoms with Crippen LogP contribution >= 0.6 is 0 Å². The molecule has 0 aliphatic heterocycles. The highest BCUT2D eigenvalue weighted by molar-refractivity contribution is 5.10. The molecule has 3 heteroatoms. The fourth-order valence-electron chi connectivity index (χ4n) is 2.84. The Kier molecular flexibility index (Phi) is 2.74. The second-order valence-corrected chi connectivity index (χ2v) is 4.98. The molecule has 1 aliphatic carbocycles. The van der Waals surface area contributed by atoms with Crippen molar-refractivity contribution in [2.45, 2.75) is 38.7 Å². The van der Waals surface area contributed by atoms with Gasteiger partial charge in [-0.1, -0.05) is 13.8 Å². The van der Waals surface area contributed by atoms with Gasteiger partial charge in [0.05, 0.1) is 11.9 Å². The van der Waals surface area contributed by atoms with Crippen molar-refractivity contribution in [2.75, 3.05) is 0 Å². The van der Waals surface area contributed by atoms with Gasteiger partial charge < -0.3 is 5.11 Å². The highest BCUT2D eigenvalue weighted by Gasteiger charge is 2.38. The summed E-state index contributed by atoms with van der Waals surface area (Å²) >= 11 is 0. The second-order valence-electron chi connectivity index (χ2n) is 4.98. The van der Waals surface area contributed by atoms with E-state index in [0.29, 0.717) is 11.8 Å². The Morgan fingerprint density at radius 3 is 2.47 bits per heavy atom. The van der Waals surface area contributed by atoms with Crippen molar-refractivity contribution in [3.05, 3.63) is 24.3 Å². The molecule has 0 amide bonds. The van der Waals surface area contributed by atoms with E-state index in [9.17, 15) is 5.11 Å². The van der Waals surface area contributed by atoms with Crippen LogP contribution in [0.2, 0.25) is 0 Å². The minimum Gasteiger partial charge on any atom is -0.383 e. The third-order valence-corrected chi connectivity index (χ3v) is 3.22. The van der Waals surface area contributed by atoms with Crippen LogP contribution in [0.3, 0.4) is 0 Å². The van der Waals surface area contributed by atoms with Crippen LogP contribution in [-0.4, -0.2) is 15.1 Å². The highest BCUT2D eigenvalue weighted by atomic mass is 16.3. The van der Waals surface area contributed by atoms with Crippen molar-refractivity contribution in [2.24, 2.45) is 11.8 Å². The lowest BCUT2D eigenvalue weighted by Crippen LogP contribution is -2.36. The summed E-state index contributed by atoms with van der Waals surface area (Å²) in [6.07, 6.45) is 7.78. The second kappa shape index (κ2) is 3.89. The van der Waals surface area contributed by atoms with Gasteiger partial charge in [0, 0.05) is 12.4 Å². The van der Waals surface area contributed by atoms with Crippen molar-refractivity contribution in [1.82, 2.24) is 9.97 Å². The maximum Gasteiger partial charge on any atom is 0.109 e. The zero-order chi connectivity index (χ0) is 10.9. The van der Waals surface area contributed by atoms with Crippen molar-refractivity contribution in [1.29, 1.82) is 0 Å². The van der Waals surface area contributed by atoms with E-state index in [1.165, 1.54) is 6.42 Å². The number of aliphatic hydroxyl groups is 1. The van der Waals surface area contributed by atoms with Gasteiger partial charge in [-0.3, -0.25) is 9.97 Å². The van der Waals surface area contributed by atoms with Gasteiger partial charge in [0.15, 0.2) is 0 Å². The van der Waals surface area contributed by atoms with Gasteiger partial charge >= 0.3 is 0 Å². The summed E-state index contributed by atoms with van der Waals surface area (Å²) < 4.78 is 0. The average molecular weight is 206 g/mol. The lowest BCUT2D eigenvalue weighted by Gasteiger charge is -2.38. The summed E-state index contributed by atoms with van der Waals surface area (Å²) in [6.45, 7) is 4.38. The molecule has 1 aromatic rings. The molecular weight excluding hydrogens is 188 g/mol. The molecule has 0 saturated heterocycles. The van der Waals surface area contributed by atoms with E-state index in [4.69, 9.17) is 0 Å². The van der Waals surface area contributed by atoms with Gasteiger partial charge in [-0.25, -0.2) is 0 Å². The van der Waals surface area contributed by atoms with E-state index in [0.717, 1.165) is 18.5 Å². The number of hydrogen-bond acceptors (Lipinski definition) is 3. The molecule has 0 aromatic carbocycles. The van der Waals surface area contributed by atoms with E-state index in [1.807, 2.05) is 0 Å². The Balaban J connectivity index is 2.26. The topological polar surface area (TPSA) is 46.0 Å². The van der Waals surface area contributed by atoms with E-state index in [2.05, 4.69) is 23.8 Å². The zero-order valence-corrected chi connectivity index (χ0v) is 9.35. The molecule has 2 rings (SSSR count). The van der Waals surface area contributed by atoms with Crippen LogP contribution in [0.25, 0.3) is 0 Å². The zero-order valence-electron chi connectivity index (χ0n) is 9.35. The molecule has 1 aliphatic rings. The quantitative estimate of drug-likeness (QED) is 0.765. The fraction of sp³-hybridized carbons (Fsp3) is 0.667. The van der Waals surface area contributed by atoms with Crippen LogP contribution in [0.1, 0.15) is 38.8 Å². The van der Waals surface area contributed by atoms with E-state index >= 15 is 0 Å². The third-order valence-electron chi connectivity index (χ3n) is 3.22. The summed E-state index contributed by atoms with van der Waals surface area (Å²) in [4.78, 5) is 8.26. The first kappa shape index (κ1) is 10.6. The lowest BCUT2D eigenvalue weighted by molar-refractivity contribution is -0.0400. The number of hydrogen-bond donors (Lipinski definition) is 1. The molecule has 1 N–H and O–H groups in total. The minimum atomic E-state index is -0.759. The Morgan fingerprint density at radius 1 is 1.27 bits per heavy atom. The van der Waals surface area contributed by atoms with Crippen molar-refractivity contribution >= 4 is 0 Å². The summed E-state index contributed by atoms with van der Waals surface area (Å²) in [6, 6.07) is 0. The van der Waals surface area contributed by atoms with Gasteiger partial charge in [0.1, 0.15) is 5.60 Å². The van der Waals surface area contributed by atoms with Gasteiger partial charge in [-0.05, 0) is 31.1 Å². The molecule has 3 nitrogen and oxygen atoms in total. The average Bonchev–Trinajstić information content (AvgIpc) is 2.17. The Labute approximate surface area is 90.6 Å². The predicted molar refractivity (Wildman–Crippen MR) is 58.1 cm³/mol. The first-order chi connectivity index (χ1) is 7.10. The molecule has 2 atom stereocenters. The van der Waals surface area contributed by atoms with Crippen LogP contribution in [-0.2, 0) is 5.60 Å². The Morgan fingerprint density at radius 2 is 1.93 bits per heavy atom. The smallest absolute Gasteiger partial charge is 0.109 e. The summed E-state index contributed by atoms with van der Waals surface area (Å²) in [5.41, 5.74) is -0.0332. The van der Waals surface area contributed by atoms with Gasteiger partial charge in [0.2, 0.25) is 0 Å². The van der Waals surface area contributed by atoms with Crippen LogP contribution < -0.4 is 0 Å². The van der Waals surface area contributed by atoms with Crippen molar-refractivity contribution in [3.63, 3.8) is 0 Å². The maximum absolute atomic E-state index is 10.6. The molecule has 1 heterocycles. The number of rotatable bonds is 1. The summed E-state index contributed by atoms with van der Waals surface area (Å²) in [5.74, 6) is 1.11. The molecule has 0 bridgehead atoms. The summed E-state index contributed by atoms with van der Waals surface area (Å²) in [5, 5.41) is 10.6. The largest absolute Gasteiger partial charge is 0.383 e. The molecule has 0 spiro atoms. The lowest BCUT2D eigenvalue weighted by atomic mass is 9.72. The number of aromatic nitrogens is 2. The van der Waals surface area contributed by atoms with Crippen LogP contribution in [0, 0.1) is 11.8 Å². The minimum absolute atomic E-state index is 0.556. The molecule has 2 unspecified atom stereocenters. The molecule has 15 heavy (non-hydrogen) atoms. The Bertz CT molecular complexity index is 316. The van der Waals surface area contributed by atoms with E-state index in [-0.39, 0.29) is 0 Å². The Hall–Kier alpha value is -0.960.